The largest absolute Gasteiger partial charge is 0.490 e. The number of piperidine rings is 1. The molecular weight excluding hydrogens is 329 g/mol. The summed E-state index contributed by atoms with van der Waals surface area (Å²) in [4.78, 5) is 20.4. The van der Waals surface area contributed by atoms with Crippen LogP contribution in [-0.4, -0.2) is 42.5 Å². The lowest BCUT2D eigenvalue weighted by atomic mass is 10.1. The molecule has 0 radical (unpaired) electrons. The van der Waals surface area contributed by atoms with Crippen LogP contribution in [0.2, 0.25) is 0 Å². The Labute approximate surface area is 137 Å². The quantitative estimate of drug-likeness (QED) is 0.780. The Morgan fingerprint density at radius 3 is 2.25 bits per heavy atom. The van der Waals surface area contributed by atoms with Gasteiger partial charge in [-0.25, -0.2) is 9.59 Å². The van der Waals surface area contributed by atoms with E-state index in [4.69, 9.17) is 14.6 Å². The highest BCUT2D eigenvalue weighted by Crippen LogP contribution is 2.13. The molecule has 3 N–H and O–H groups in total. The van der Waals surface area contributed by atoms with Gasteiger partial charge in [0.05, 0.1) is 0 Å². The van der Waals surface area contributed by atoms with Crippen LogP contribution in [0.4, 0.5) is 18.0 Å². The molecule has 1 fully saturated rings. The Morgan fingerprint density at radius 1 is 1.21 bits per heavy atom. The van der Waals surface area contributed by atoms with Crippen molar-refractivity contribution in [3.63, 3.8) is 0 Å². The predicted molar refractivity (Wildman–Crippen MR) is 79.3 cm³/mol. The zero-order valence-corrected chi connectivity index (χ0v) is 12.8. The first-order valence-electron chi connectivity index (χ1n) is 7.28. The van der Waals surface area contributed by atoms with Crippen LogP contribution in [-0.2, 0) is 16.1 Å². The minimum atomic E-state index is -5.08. The zero-order valence-electron chi connectivity index (χ0n) is 12.8. The fraction of sp³-hybridized carbons (Fsp3) is 0.467. The first kappa shape index (κ1) is 19.8. The molecule has 1 heterocycles. The first-order chi connectivity index (χ1) is 11.3. The number of amides is 1. The molecule has 0 unspecified atom stereocenters. The smallest absolute Gasteiger partial charge is 0.475 e. The minimum absolute atomic E-state index is 0.0621. The SMILES string of the molecule is O=C(NCc1ccccc1)OC1CCNCC1.O=C(O)C(F)(F)F. The number of aliphatic carboxylic acids is 1. The van der Waals surface area contributed by atoms with Gasteiger partial charge in [0.15, 0.2) is 0 Å². The summed E-state index contributed by atoms with van der Waals surface area (Å²) in [5.41, 5.74) is 1.08. The number of hydrogen-bond donors (Lipinski definition) is 3. The second kappa shape index (κ2) is 9.76. The van der Waals surface area contributed by atoms with E-state index in [9.17, 15) is 18.0 Å². The van der Waals surface area contributed by atoms with Gasteiger partial charge < -0.3 is 20.5 Å². The van der Waals surface area contributed by atoms with E-state index < -0.39 is 12.1 Å². The number of alkyl halides is 3. The molecular formula is C15H19F3N2O4. The number of carboxylic acids is 1. The second-order valence-corrected chi connectivity index (χ2v) is 5.00. The minimum Gasteiger partial charge on any atom is -0.475 e. The van der Waals surface area contributed by atoms with Crippen LogP contribution in [0.25, 0.3) is 0 Å². The van der Waals surface area contributed by atoms with E-state index >= 15 is 0 Å². The van der Waals surface area contributed by atoms with Gasteiger partial charge >= 0.3 is 18.2 Å². The first-order valence-corrected chi connectivity index (χ1v) is 7.28. The van der Waals surface area contributed by atoms with E-state index in [-0.39, 0.29) is 12.2 Å². The van der Waals surface area contributed by atoms with Crippen molar-refractivity contribution in [2.45, 2.75) is 31.7 Å². The van der Waals surface area contributed by atoms with Gasteiger partial charge in [0, 0.05) is 6.54 Å². The van der Waals surface area contributed by atoms with E-state index in [1.54, 1.807) is 0 Å². The maximum atomic E-state index is 11.5. The van der Waals surface area contributed by atoms with Crippen LogP contribution in [0, 0.1) is 0 Å². The molecule has 1 aromatic rings. The lowest BCUT2D eigenvalue weighted by Crippen LogP contribution is -2.36. The van der Waals surface area contributed by atoms with Crippen molar-refractivity contribution in [1.82, 2.24) is 10.6 Å². The summed E-state index contributed by atoms with van der Waals surface area (Å²) in [6, 6.07) is 9.82. The molecule has 6 nitrogen and oxygen atoms in total. The van der Waals surface area contributed by atoms with Gasteiger partial charge in [-0.15, -0.1) is 0 Å². The van der Waals surface area contributed by atoms with Crippen LogP contribution in [0.5, 0.6) is 0 Å². The third-order valence-corrected chi connectivity index (χ3v) is 3.08. The molecule has 2 rings (SSSR count). The molecule has 0 saturated carbocycles. The summed E-state index contributed by atoms with van der Waals surface area (Å²) in [6.07, 6.45) is -3.54. The van der Waals surface area contributed by atoms with Crippen molar-refractivity contribution in [2.75, 3.05) is 13.1 Å². The maximum Gasteiger partial charge on any atom is 0.490 e. The Morgan fingerprint density at radius 2 is 1.75 bits per heavy atom. The van der Waals surface area contributed by atoms with Crippen molar-refractivity contribution >= 4 is 12.1 Å². The zero-order chi connectivity index (χ0) is 18.0. The van der Waals surface area contributed by atoms with Crippen molar-refractivity contribution in [1.29, 1.82) is 0 Å². The Balaban J connectivity index is 0.000000351. The van der Waals surface area contributed by atoms with E-state index in [1.807, 2.05) is 30.3 Å². The van der Waals surface area contributed by atoms with Crippen molar-refractivity contribution < 1.29 is 32.6 Å². The summed E-state index contributed by atoms with van der Waals surface area (Å²) >= 11 is 0. The summed E-state index contributed by atoms with van der Waals surface area (Å²) in [5, 5.41) is 13.1. The Kier molecular flexibility index (Phi) is 8.03. The van der Waals surface area contributed by atoms with Crippen LogP contribution in [0.3, 0.4) is 0 Å². The molecule has 0 aliphatic carbocycles. The molecule has 1 aromatic carbocycles. The van der Waals surface area contributed by atoms with Crippen LogP contribution in [0.1, 0.15) is 18.4 Å². The molecule has 0 aromatic heterocycles. The number of ether oxygens (including phenoxy) is 1. The standard InChI is InChI=1S/C13H18N2O2.C2HF3O2/c16-13(17-12-6-8-14-9-7-12)15-10-11-4-2-1-3-5-11;3-2(4,5)1(6)7/h1-5,12,14H,6-10H2,(H,15,16);(H,6,7). The number of halogens is 3. The number of rotatable bonds is 3. The van der Waals surface area contributed by atoms with Gasteiger partial charge in [0.25, 0.3) is 0 Å². The maximum absolute atomic E-state index is 11.5. The molecule has 9 heteroatoms. The number of carbonyl (C=O) groups is 2. The van der Waals surface area contributed by atoms with E-state index in [2.05, 4.69) is 10.6 Å². The number of benzene rings is 1. The molecule has 24 heavy (non-hydrogen) atoms. The lowest BCUT2D eigenvalue weighted by molar-refractivity contribution is -0.192. The molecule has 0 spiro atoms. The number of hydrogen-bond acceptors (Lipinski definition) is 4. The van der Waals surface area contributed by atoms with Crippen molar-refractivity contribution in [3.8, 4) is 0 Å². The molecule has 0 bridgehead atoms. The highest BCUT2D eigenvalue weighted by Gasteiger charge is 2.38. The average molecular weight is 348 g/mol. The van der Waals surface area contributed by atoms with Gasteiger partial charge in [0.2, 0.25) is 0 Å². The number of carboxylic acid groups (broad SMARTS) is 1. The number of alkyl carbamates (subject to hydrolysis) is 1. The third kappa shape index (κ3) is 8.37. The van der Waals surface area contributed by atoms with Gasteiger partial charge in [-0.05, 0) is 31.5 Å². The normalized spacial score (nSPS) is 15.0. The van der Waals surface area contributed by atoms with Gasteiger partial charge in [-0.2, -0.15) is 13.2 Å². The van der Waals surface area contributed by atoms with E-state index in [0.29, 0.717) is 6.54 Å². The predicted octanol–water partition coefficient (Wildman–Crippen LogP) is 2.30. The summed E-state index contributed by atoms with van der Waals surface area (Å²) in [5.74, 6) is -2.76. The molecule has 134 valence electrons. The van der Waals surface area contributed by atoms with Crippen molar-refractivity contribution in [2.24, 2.45) is 0 Å². The molecule has 1 amide bonds. The van der Waals surface area contributed by atoms with Crippen LogP contribution >= 0.6 is 0 Å². The molecule has 1 saturated heterocycles. The Hall–Kier alpha value is -2.29. The van der Waals surface area contributed by atoms with Crippen LogP contribution < -0.4 is 10.6 Å². The highest BCUT2D eigenvalue weighted by molar-refractivity contribution is 5.73. The van der Waals surface area contributed by atoms with E-state index in [0.717, 1.165) is 31.5 Å². The van der Waals surface area contributed by atoms with Crippen molar-refractivity contribution in [3.05, 3.63) is 35.9 Å². The summed E-state index contributed by atoms with van der Waals surface area (Å²) in [6.45, 7) is 2.37. The second-order valence-electron chi connectivity index (χ2n) is 5.00. The number of nitrogens with one attached hydrogen (secondary N) is 2. The molecule has 0 atom stereocenters. The summed E-state index contributed by atoms with van der Waals surface area (Å²) in [7, 11) is 0. The van der Waals surface area contributed by atoms with Gasteiger partial charge in [-0.1, -0.05) is 30.3 Å². The van der Waals surface area contributed by atoms with Gasteiger partial charge in [0.1, 0.15) is 6.10 Å². The monoisotopic (exact) mass is 348 g/mol. The Bertz CT molecular complexity index is 517. The van der Waals surface area contributed by atoms with Crippen LogP contribution in [0.15, 0.2) is 30.3 Å². The van der Waals surface area contributed by atoms with E-state index in [1.165, 1.54) is 0 Å². The third-order valence-electron chi connectivity index (χ3n) is 3.08. The topological polar surface area (TPSA) is 87.7 Å². The van der Waals surface area contributed by atoms with Gasteiger partial charge in [-0.3, -0.25) is 0 Å². The molecule has 1 aliphatic heterocycles. The lowest BCUT2D eigenvalue weighted by Gasteiger charge is -2.22. The highest BCUT2D eigenvalue weighted by atomic mass is 19.4. The average Bonchev–Trinajstić information content (AvgIpc) is 2.54. The summed E-state index contributed by atoms with van der Waals surface area (Å²) < 4.78 is 37.1. The number of carbonyl (C=O) groups excluding carboxylic acids is 1. The fourth-order valence-electron chi connectivity index (χ4n) is 1.88. The molecule has 1 aliphatic rings. The fourth-order valence-corrected chi connectivity index (χ4v) is 1.88.